The lowest BCUT2D eigenvalue weighted by atomic mass is 10.00. The van der Waals surface area contributed by atoms with E-state index < -0.39 is 0 Å². The van der Waals surface area contributed by atoms with E-state index in [-0.39, 0.29) is 0 Å². The van der Waals surface area contributed by atoms with Gasteiger partial charge in [0.05, 0.1) is 11.4 Å². The number of hydrogen-bond donors (Lipinski definition) is 1. The van der Waals surface area contributed by atoms with Crippen molar-refractivity contribution in [1.82, 2.24) is 10.2 Å². The lowest BCUT2D eigenvalue weighted by Crippen LogP contribution is -2.04. The molecule has 0 atom stereocenters. The Morgan fingerprint density at radius 2 is 1.62 bits per heavy atom. The zero-order valence-electron chi connectivity index (χ0n) is 13.3. The summed E-state index contributed by atoms with van der Waals surface area (Å²) in [6.07, 6.45) is 8.03. The third kappa shape index (κ3) is 3.15. The molecular formula is C21H18N2O. The van der Waals surface area contributed by atoms with Crippen LogP contribution < -0.4 is 4.74 Å². The Labute approximate surface area is 141 Å². The molecule has 0 bridgehead atoms. The van der Waals surface area contributed by atoms with Gasteiger partial charge in [0.25, 0.3) is 0 Å². The number of hydrogen-bond acceptors (Lipinski definition) is 2. The third-order valence-corrected chi connectivity index (χ3v) is 4.08. The molecular weight excluding hydrogens is 296 g/mol. The van der Waals surface area contributed by atoms with Crippen LogP contribution in [0.4, 0.5) is 0 Å². The lowest BCUT2D eigenvalue weighted by Gasteiger charge is -2.14. The molecule has 1 heterocycles. The molecule has 1 aliphatic rings. The van der Waals surface area contributed by atoms with E-state index in [4.69, 9.17) is 4.74 Å². The molecule has 0 unspecified atom stereocenters. The first kappa shape index (κ1) is 14.5. The predicted octanol–water partition coefficient (Wildman–Crippen LogP) is 4.95. The summed E-state index contributed by atoms with van der Waals surface area (Å²) in [6.45, 7) is 0. The summed E-state index contributed by atoms with van der Waals surface area (Å²) in [5.74, 6) is 1.84. The van der Waals surface area contributed by atoms with Crippen molar-refractivity contribution in [2.45, 2.75) is 12.8 Å². The van der Waals surface area contributed by atoms with Gasteiger partial charge in [0.2, 0.25) is 0 Å². The van der Waals surface area contributed by atoms with Crippen LogP contribution in [-0.4, -0.2) is 10.2 Å². The zero-order chi connectivity index (χ0) is 16.2. The van der Waals surface area contributed by atoms with Crippen LogP contribution in [0.25, 0.3) is 18.2 Å². The SMILES string of the molecule is C1=C(Oc2ccccc2)CCc2c(/C=C/c3ccccc3)n[nH]c21. The molecule has 4 rings (SSSR count). The number of para-hydroxylation sites is 1. The summed E-state index contributed by atoms with van der Waals surface area (Å²) in [7, 11) is 0. The second-order valence-corrected chi connectivity index (χ2v) is 5.77. The predicted molar refractivity (Wildman–Crippen MR) is 97.3 cm³/mol. The summed E-state index contributed by atoms with van der Waals surface area (Å²) in [5.41, 5.74) is 4.47. The van der Waals surface area contributed by atoms with Gasteiger partial charge in [-0.3, -0.25) is 5.10 Å². The molecule has 0 saturated carbocycles. The third-order valence-electron chi connectivity index (χ3n) is 4.08. The van der Waals surface area contributed by atoms with Crippen LogP contribution in [0.5, 0.6) is 5.75 Å². The van der Waals surface area contributed by atoms with Gasteiger partial charge in [-0.05, 0) is 30.2 Å². The van der Waals surface area contributed by atoms with E-state index in [2.05, 4.69) is 40.6 Å². The number of benzene rings is 2. The van der Waals surface area contributed by atoms with E-state index in [1.54, 1.807) is 0 Å². The van der Waals surface area contributed by atoms with Gasteiger partial charge >= 0.3 is 0 Å². The molecule has 0 saturated heterocycles. The van der Waals surface area contributed by atoms with E-state index in [1.165, 1.54) is 11.1 Å². The first-order valence-corrected chi connectivity index (χ1v) is 8.12. The van der Waals surface area contributed by atoms with Gasteiger partial charge in [0.1, 0.15) is 11.5 Å². The number of nitrogens with one attached hydrogen (secondary N) is 1. The number of H-pyrrole nitrogens is 1. The zero-order valence-corrected chi connectivity index (χ0v) is 13.3. The van der Waals surface area contributed by atoms with E-state index in [0.717, 1.165) is 35.7 Å². The summed E-state index contributed by atoms with van der Waals surface area (Å²) in [4.78, 5) is 0. The standard InChI is InChI=1S/C21H18N2O/c1-3-7-16(8-4-1)11-14-20-19-13-12-18(15-21(19)23-22-20)24-17-9-5-2-6-10-17/h1-11,14-15H,12-13H2,(H,22,23)/b14-11+. The van der Waals surface area contributed by atoms with Crippen molar-refractivity contribution in [2.75, 3.05) is 0 Å². The average molecular weight is 314 g/mol. The first-order valence-electron chi connectivity index (χ1n) is 8.12. The number of aromatic nitrogens is 2. The molecule has 3 aromatic rings. The Morgan fingerprint density at radius 3 is 2.42 bits per heavy atom. The second-order valence-electron chi connectivity index (χ2n) is 5.77. The van der Waals surface area contributed by atoms with Crippen LogP contribution in [0, 0.1) is 0 Å². The number of aromatic amines is 1. The average Bonchev–Trinajstić information content (AvgIpc) is 3.04. The molecule has 3 heteroatoms. The number of allylic oxidation sites excluding steroid dienone is 1. The molecule has 0 amide bonds. The fourth-order valence-corrected chi connectivity index (χ4v) is 2.85. The Balaban J connectivity index is 1.54. The first-order chi connectivity index (χ1) is 11.9. The van der Waals surface area contributed by atoms with Gasteiger partial charge < -0.3 is 4.74 Å². The number of nitrogens with zero attached hydrogens (tertiary/aromatic N) is 1. The minimum absolute atomic E-state index is 0.871. The Kier molecular flexibility index (Phi) is 3.98. The maximum atomic E-state index is 5.95. The highest BCUT2D eigenvalue weighted by Crippen LogP contribution is 2.27. The molecule has 0 aliphatic heterocycles. The van der Waals surface area contributed by atoms with Crippen molar-refractivity contribution in [3.05, 3.63) is 88.9 Å². The maximum Gasteiger partial charge on any atom is 0.126 e. The van der Waals surface area contributed by atoms with Crippen LogP contribution in [-0.2, 0) is 6.42 Å². The van der Waals surface area contributed by atoms with E-state index in [0.29, 0.717) is 0 Å². The fraction of sp³-hybridized carbons (Fsp3) is 0.0952. The van der Waals surface area contributed by atoms with Crippen LogP contribution >= 0.6 is 0 Å². The Bertz CT molecular complexity index is 877. The number of fused-ring (bicyclic) bond motifs is 1. The van der Waals surface area contributed by atoms with Crippen molar-refractivity contribution in [1.29, 1.82) is 0 Å². The lowest BCUT2D eigenvalue weighted by molar-refractivity contribution is 0.406. The molecule has 1 aromatic heterocycles. The fourth-order valence-electron chi connectivity index (χ4n) is 2.85. The summed E-state index contributed by atoms with van der Waals surface area (Å²) >= 11 is 0. The molecule has 0 fully saturated rings. The molecule has 1 N–H and O–H groups in total. The minimum Gasteiger partial charge on any atom is -0.462 e. The summed E-state index contributed by atoms with van der Waals surface area (Å²) in [5, 5.41) is 7.56. The quantitative estimate of drug-likeness (QED) is 0.740. The topological polar surface area (TPSA) is 37.9 Å². The van der Waals surface area contributed by atoms with E-state index >= 15 is 0 Å². The molecule has 1 aliphatic carbocycles. The van der Waals surface area contributed by atoms with Crippen LogP contribution in [0.15, 0.2) is 66.4 Å². The molecule has 3 nitrogen and oxygen atoms in total. The molecule has 0 spiro atoms. The number of ether oxygens (including phenoxy) is 1. The smallest absolute Gasteiger partial charge is 0.126 e. The highest BCUT2D eigenvalue weighted by Gasteiger charge is 2.17. The van der Waals surface area contributed by atoms with Crippen molar-refractivity contribution in [3.63, 3.8) is 0 Å². The van der Waals surface area contributed by atoms with Gasteiger partial charge in [-0.1, -0.05) is 54.6 Å². The van der Waals surface area contributed by atoms with Gasteiger partial charge in [0, 0.05) is 18.1 Å². The van der Waals surface area contributed by atoms with Crippen molar-refractivity contribution in [3.8, 4) is 5.75 Å². The monoisotopic (exact) mass is 314 g/mol. The Morgan fingerprint density at radius 1 is 0.875 bits per heavy atom. The van der Waals surface area contributed by atoms with Gasteiger partial charge in [-0.25, -0.2) is 0 Å². The molecule has 2 aromatic carbocycles. The van der Waals surface area contributed by atoms with Crippen molar-refractivity contribution >= 4 is 18.2 Å². The molecule has 24 heavy (non-hydrogen) atoms. The van der Waals surface area contributed by atoms with Gasteiger partial charge in [-0.2, -0.15) is 5.10 Å². The largest absolute Gasteiger partial charge is 0.462 e. The van der Waals surface area contributed by atoms with Crippen LogP contribution in [0.3, 0.4) is 0 Å². The van der Waals surface area contributed by atoms with E-state index in [9.17, 15) is 0 Å². The minimum atomic E-state index is 0.871. The van der Waals surface area contributed by atoms with Crippen molar-refractivity contribution < 1.29 is 4.74 Å². The van der Waals surface area contributed by atoms with Gasteiger partial charge in [0.15, 0.2) is 0 Å². The van der Waals surface area contributed by atoms with Gasteiger partial charge in [-0.15, -0.1) is 0 Å². The molecule has 0 radical (unpaired) electrons. The van der Waals surface area contributed by atoms with E-state index in [1.807, 2.05) is 48.5 Å². The second kappa shape index (κ2) is 6.59. The maximum absolute atomic E-state index is 5.95. The highest BCUT2D eigenvalue weighted by molar-refractivity contribution is 5.72. The Hall–Kier alpha value is -3.07. The summed E-state index contributed by atoms with van der Waals surface area (Å²) < 4.78 is 5.95. The van der Waals surface area contributed by atoms with Crippen LogP contribution in [0.1, 0.15) is 28.9 Å². The van der Waals surface area contributed by atoms with Crippen LogP contribution in [0.2, 0.25) is 0 Å². The normalized spacial score (nSPS) is 13.6. The molecule has 118 valence electrons. The summed E-state index contributed by atoms with van der Waals surface area (Å²) in [6, 6.07) is 20.1. The number of rotatable bonds is 4. The highest BCUT2D eigenvalue weighted by atomic mass is 16.5. The van der Waals surface area contributed by atoms with Crippen molar-refractivity contribution in [2.24, 2.45) is 0 Å².